The van der Waals surface area contributed by atoms with Gasteiger partial charge in [0.1, 0.15) is 17.5 Å². The van der Waals surface area contributed by atoms with Gasteiger partial charge in [0.25, 0.3) is 0 Å². The zero-order valence-electron chi connectivity index (χ0n) is 13.7. The van der Waals surface area contributed by atoms with Gasteiger partial charge in [-0.3, -0.25) is 5.10 Å². The minimum absolute atomic E-state index is 0.646. The second kappa shape index (κ2) is 6.27. The van der Waals surface area contributed by atoms with Crippen molar-refractivity contribution in [2.24, 2.45) is 0 Å². The van der Waals surface area contributed by atoms with Crippen LogP contribution in [0.3, 0.4) is 0 Å². The number of aromatic amines is 1. The molecule has 1 atom stereocenters. The SMILES string of the molecule is COc1ccc2nc(Nc3cccc([S+](C)[O-])c3)c3n[nH]cc3c2c1. The van der Waals surface area contributed by atoms with E-state index in [4.69, 9.17) is 9.72 Å². The predicted molar refractivity (Wildman–Crippen MR) is 100 cm³/mol. The van der Waals surface area contributed by atoms with E-state index in [1.54, 1.807) is 13.4 Å². The molecule has 6 nitrogen and oxygen atoms in total. The molecule has 0 fully saturated rings. The molecule has 2 aromatic carbocycles. The molecule has 0 saturated heterocycles. The zero-order valence-corrected chi connectivity index (χ0v) is 14.6. The number of hydrogen-bond donors (Lipinski definition) is 2. The third-order valence-electron chi connectivity index (χ3n) is 4.02. The van der Waals surface area contributed by atoms with Crippen molar-refractivity contribution in [2.45, 2.75) is 4.90 Å². The van der Waals surface area contributed by atoms with E-state index in [1.807, 2.05) is 48.7 Å². The summed E-state index contributed by atoms with van der Waals surface area (Å²) in [7, 11) is 1.64. The molecule has 126 valence electrons. The summed E-state index contributed by atoms with van der Waals surface area (Å²) in [6.45, 7) is 0. The first kappa shape index (κ1) is 15.7. The summed E-state index contributed by atoms with van der Waals surface area (Å²) in [5.41, 5.74) is 2.40. The number of nitrogens with zero attached hydrogens (tertiary/aromatic N) is 2. The summed E-state index contributed by atoms with van der Waals surface area (Å²) < 4.78 is 17.0. The lowest BCUT2D eigenvalue weighted by Crippen LogP contribution is -2.00. The first-order valence-electron chi connectivity index (χ1n) is 7.67. The second-order valence-corrected chi connectivity index (χ2v) is 6.98. The van der Waals surface area contributed by atoms with Gasteiger partial charge in [-0.05, 0) is 41.5 Å². The van der Waals surface area contributed by atoms with Gasteiger partial charge < -0.3 is 14.6 Å². The van der Waals surface area contributed by atoms with E-state index in [0.717, 1.165) is 38.1 Å². The van der Waals surface area contributed by atoms with Crippen molar-refractivity contribution in [3.63, 3.8) is 0 Å². The van der Waals surface area contributed by atoms with Gasteiger partial charge in [-0.1, -0.05) is 6.07 Å². The molecule has 0 saturated carbocycles. The van der Waals surface area contributed by atoms with Crippen LogP contribution in [0.5, 0.6) is 5.75 Å². The molecule has 1 unspecified atom stereocenters. The third kappa shape index (κ3) is 2.88. The molecule has 2 N–H and O–H groups in total. The number of hydrogen-bond acceptors (Lipinski definition) is 5. The summed E-state index contributed by atoms with van der Waals surface area (Å²) in [5.74, 6) is 1.42. The van der Waals surface area contributed by atoms with Crippen LogP contribution in [0.2, 0.25) is 0 Å². The fraction of sp³-hybridized carbons (Fsp3) is 0.111. The maximum atomic E-state index is 11.7. The van der Waals surface area contributed by atoms with E-state index in [9.17, 15) is 4.55 Å². The number of pyridine rings is 1. The second-order valence-electron chi connectivity index (χ2n) is 5.60. The number of fused-ring (bicyclic) bond motifs is 3. The first-order valence-corrected chi connectivity index (χ1v) is 9.23. The lowest BCUT2D eigenvalue weighted by molar-refractivity contribution is 0.415. The van der Waals surface area contributed by atoms with Crippen molar-refractivity contribution >= 4 is 44.5 Å². The van der Waals surface area contributed by atoms with E-state index in [1.165, 1.54) is 0 Å². The summed E-state index contributed by atoms with van der Waals surface area (Å²) >= 11 is -1.04. The highest BCUT2D eigenvalue weighted by Gasteiger charge is 2.13. The lowest BCUT2D eigenvalue weighted by atomic mass is 10.1. The maximum Gasteiger partial charge on any atom is 0.159 e. The van der Waals surface area contributed by atoms with Crippen molar-refractivity contribution in [2.75, 3.05) is 18.7 Å². The smallest absolute Gasteiger partial charge is 0.159 e. The molecule has 0 aliphatic rings. The fourth-order valence-electron chi connectivity index (χ4n) is 2.78. The van der Waals surface area contributed by atoms with Gasteiger partial charge in [-0.2, -0.15) is 5.10 Å². The van der Waals surface area contributed by atoms with Gasteiger partial charge >= 0.3 is 0 Å². The standard InChI is InChI=1S/C18H16N4O2S/c1-24-12-6-7-16-14(9-12)15-10-19-22-17(15)18(21-16)20-11-4-3-5-13(8-11)25(2)23/h3-10H,1-2H3,(H,19,22)(H,20,21). The van der Waals surface area contributed by atoms with Crippen LogP contribution in [0.25, 0.3) is 21.8 Å². The third-order valence-corrected chi connectivity index (χ3v) is 4.94. The van der Waals surface area contributed by atoms with Gasteiger partial charge in [-0.15, -0.1) is 0 Å². The fourth-order valence-corrected chi connectivity index (χ4v) is 3.34. The number of ether oxygens (including phenoxy) is 1. The molecule has 2 aromatic heterocycles. The van der Waals surface area contributed by atoms with Crippen LogP contribution in [0.4, 0.5) is 11.5 Å². The van der Waals surface area contributed by atoms with Crippen LogP contribution in [0.1, 0.15) is 0 Å². The van der Waals surface area contributed by atoms with E-state index >= 15 is 0 Å². The van der Waals surface area contributed by atoms with Crippen molar-refractivity contribution in [3.8, 4) is 5.75 Å². The van der Waals surface area contributed by atoms with Crippen LogP contribution in [0.15, 0.2) is 53.6 Å². The highest BCUT2D eigenvalue weighted by atomic mass is 32.2. The monoisotopic (exact) mass is 352 g/mol. The summed E-state index contributed by atoms with van der Waals surface area (Å²) in [6.07, 6.45) is 3.51. The Morgan fingerprint density at radius 2 is 2.04 bits per heavy atom. The molecule has 0 radical (unpaired) electrons. The van der Waals surface area contributed by atoms with E-state index in [2.05, 4.69) is 15.5 Å². The number of nitrogens with one attached hydrogen (secondary N) is 2. The van der Waals surface area contributed by atoms with Gasteiger partial charge in [0, 0.05) is 28.7 Å². The molecule has 7 heteroatoms. The van der Waals surface area contributed by atoms with Crippen LogP contribution in [-0.2, 0) is 11.2 Å². The van der Waals surface area contributed by atoms with E-state index in [-0.39, 0.29) is 0 Å². The minimum atomic E-state index is -1.04. The Morgan fingerprint density at radius 1 is 1.16 bits per heavy atom. The van der Waals surface area contributed by atoms with Crippen molar-refractivity contribution < 1.29 is 9.29 Å². The lowest BCUT2D eigenvalue weighted by Gasteiger charge is -2.10. The van der Waals surface area contributed by atoms with Gasteiger partial charge in [0.2, 0.25) is 0 Å². The normalized spacial score (nSPS) is 12.4. The van der Waals surface area contributed by atoms with E-state index in [0.29, 0.717) is 5.82 Å². The molecule has 4 aromatic rings. The molecule has 0 spiro atoms. The van der Waals surface area contributed by atoms with Gasteiger partial charge in [-0.25, -0.2) is 4.98 Å². The van der Waals surface area contributed by atoms with Gasteiger partial charge in [0.05, 0.1) is 12.6 Å². The largest absolute Gasteiger partial charge is 0.612 e. The molecule has 2 heterocycles. The average molecular weight is 352 g/mol. The summed E-state index contributed by atoms with van der Waals surface area (Å²) in [5, 5.41) is 12.4. The number of rotatable bonds is 4. The van der Waals surface area contributed by atoms with Crippen molar-refractivity contribution in [1.82, 2.24) is 15.2 Å². The van der Waals surface area contributed by atoms with E-state index < -0.39 is 11.2 Å². The van der Waals surface area contributed by atoms with Crippen molar-refractivity contribution in [1.29, 1.82) is 0 Å². The first-order chi connectivity index (χ1) is 12.2. The van der Waals surface area contributed by atoms with Crippen molar-refractivity contribution in [3.05, 3.63) is 48.7 Å². The van der Waals surface area contributed by atoms with Crippen LogP contribution in [-0.4, -0.2) is 33.1 Å². The molecule has 0 aliphatic heterocycles. The minimum Gasteiger partial charge on any atom is -0.612 e. The van der Waals surface area contributed by atoms with Crippen LogP contribution in [0, 0.1) is 0 Å². The summed E-state index contributed by atoms with van der Waals surface area (Å²) in [4.78, 5) is 5.45. The highest BCUT2D eigenvalue weighted by molar-refractivity contribution is 7.90. The molecule has 0 bridgehead atoms. The molecule has 4 rings (SSSR count). The van der Waals surface area contributed by atoms with Crippen LogP contribution >= 0.6 is 0 Å². The van der Waals surface area contributed by atoms with Crippen LogP contribution < -0.4 is 10.1 Å². The number of H-pyrrole nitrogens is 1. The maximum absolute atomic E-state index is 11.7. The Balaban J connectivity index is 1.84. The number of aromatic nitrogens is 3. The van der Waals surface area contributed by atoms with Gasteiger partial charge in [0.15, 0.2) is 10.7 Å². The Kier molecular flexibility index (Phi) is 3.95. The molecule has 25 heavy (non-hydrogen) atoms. The average Bonchev–Trinajstić information content (AvgIpc) is 3.12. The predicted octanol–water partition coefficient (Wildman–Crippen LogP) is 3.60. The molecule has 0 aliphatic carbocycles. The molecular weight excluding hydrogens is 336 g/mol. The number of anilines is 2. The number of methoxy groups -OCH3 is 1. The Bertz CT molecular complexity index is 1060. The zero-order chi connectivity index (χ0) is 17.4. The quantitative estimate of drug-likeness (QED) is 0.548. The molecular formula is C18H16N4O2S. The Labute approximate surface area is 147 Å². The topological polar surface area (TPSA) is 85.9 Å². The Hall–Kier alpha value is -2.77. The Morgan fingerprint density at radius 3 is 2.84 bits per heavy atom. The molecule has 0 amide bonds. The number of benzene rings is 2. The highest BCUT2D eigenvalue weighted by Crippen LogP contribution is 2.31. The summed E-state index contributed by atoms with van der Waals surface area (Å²) in [6, 6.07) is 13.2.